The average molecular weight is 215 g/mol. The lowest BCUT2D eigenvalue weighted by atomic mass is 9.95. The van der Waals surface area contributed by atoms with E-state index in [1.807, 2.05) is 0 Å². The van der Waals surface area contributed by atoms with Crippen LogP contribution in [0, 0.1) is 0 Å². The van der Waals surface area contributed by atoms with Crippen LogP contribution >= 0.6 is 0 Å². The third-order valence-corrected chi connectivity index (χ3v) is 2.85. The second-order valence-electron chi connectivity index (χ2n) is 4.01. The van der Waals surface area contributed by atoms with Crippen LogP contribution in [0.1, 0.15) is 38.5 Å². The van der Waals surface area contributed by atoms with Gasteiger partial charge in [-0.15, -0.1) is 0 Å². The minimum absolute atomic E-state index is 0.0237. The number of carbonyl (C=O) groups excluding carboxylic acids is 1. The first-order valence-corrected chi connectivity index (χ1v) is 5.61. The van der Waals surface area contributed by atoms with E-state index in [1.54, 1.807) is 14.2 Å². The molecule has 0 aromatic heterocycles. The zero-order chi connectivity index (χ0) is 11.1. The Kier molecular flexibility index (Phi) is 5.65. The third-order valence-electron chi connectivity index (χ3n) is 2.85. The standard InChI is InChI=1S/C11H21NO3/c1-14-11(15-2)8-10(13)12-9-6-4-3-5-7-9/h9,11H,3-8H2,1-2H3,(H,12,13). The first kappa shape index (κ1) is 12.5. The third kappa shape index (κ3) is 4.62. The van der Waals surface area contributed by atoms with Gasteiger partial charge in [-0.2, -0.15) is 0 Å². The predicted molar refractivity (Wildman–Crippen MR) is 57.4 cm³/mol. The topological polar surface area (TPSA) is 47.6 Å². The van der Waals surface area contributed by atoms with E-state index < -0.39 is 6.29 Å². The zero-order valence-electron chi connectivity index (χ0n) is 9.62. The maximum absolute atomic E-state index is 11.6. The van der Waals surface area contributed by atoms with E-state index in [9.17, 15) is 4.79 Å². The summed E-state index contributed by atoms with van der Waals surface area (Å²) in [5.41, 5.74) is 0. The van der Waals surface area contributed by atoms with Crippen molar-refractivity contribution < 1.29 is 14.3 Å². The molecule has 1 saturated carbocycles. The fraction of sp³-hybridized carbons (Fsp3) is 0.909. The Morgan fingerprint density at radius 2 is 1.87 bits per heavy atom. The summed E-state index contributed by atoms with van der Waals surface area (Å²) in [7, 11) is 3.09. The number of ether oxygens (including phenoxy) is 2. The minimum Gasteiger partial charge on any atom is -0.355 e. The van der Waals surface area contributed by atoms with Crippen molar-refractivity contribution in [2.75, 3.05) is 14.2 Å². The maximum atomic E-state index is 11.6. The van der Waals surface area contributed by atoms with E-state index >= 15 is 0 Å². The van der Waals surface area contributed by atoms with Crippen molar-refractivity contribution in [2.24, 2.45) is 0 Å². The second-order valence-corrected chi connectivity index (χ2v) is 4.01. The largest absolute Gasteiger partial charge is 0.355 e. The summed E-state index contributed by atoms with van der Waals surface area (Å²) in [5, 5.41) is 3.02. The number of amides is 1. The summed E-state index contributed by atoms with van der Waals surface area (Å²) < 4.78 is 9.95. The number of hydrogen-bond donors (Lipinski definition) is 1. The van der Waals surface area contributed by atoms with Gasteiger partial charge in [-0.3, -0.25) is 4.79 Å². The predicted octanol–water partition coefficient (Wildman–Crippen LogP) is 1.44. The van der Waals surface area contributed by atoms with Gasteiger partial charge in [0.1, 0.15) is 0 Å². The highest BCUT2D eigenvalue weighted by Crippen LogP contribution is 2.17. The smallest absolute Gasteiger partial charge is 0.225 e. The van der Waals surface area contributed by atoms with Crippen LogP contribution < -0.4 is 5.32 Å². The molecular formula is C11H21NO3. The van der Waals surface area contributed by atoms with Gasteiger partial charge in [-0.25, -0.2) is 0 Å². The van der Waals surface area contributed by atoms with Gasteiger partial charge in [0.15, 0.2) is 6.29 Å². The van der Waals surface area contributed by atoms with Crippen LogP contribution in [0.4, 0.5) is 0 Å². The Hall–Kier alpha value is -0.610. The lowest BCUT2D eigenvalue weighted by Crippen LogP contribution is -2.38. The fourth-order valence-electron chi connectivity index (χ4n) is 1.95. The van der Waals surface area contributed by atoms with Crippen molar-refractivity contribution in [1.82, 2.24) is 5.32 Å². The number of hydrogen-bond acceptors (Lipinski definition) is 3. The summed E-state index contributed by atoms with van der Waals surface area (Å²) in [6.07, 6.45) is 5.82. The average Bonchev–Trinajstić information content (AvgIpc) is 2.27. The molecule has 0 atom stereocenters. The van der Waals surface area contributed by atoms with Crippen LogP contribution in [0.2, 0.25) is 0 Å². The molecule has 0 bridgehead atoms. The lowest BCUT2D eigenvalue weighted by Gasteiger charge is -2.23. The van der Waals surface area contributed by atoms with Crippen molar-refractivity contribution in [3.05, 3.63) is 0 Å². The Morgan fingerprint density at radius 1 is 1.27 bits per heavy atom. The lowest BCUT2D eigenvalue weighted by molar-refractivity contribution is -0.139. The van der Waals surface area contributed by atoms with Gasteiger partial charge in [-0.1, -0.05) is 19.3 Å². The van der Waals surface area contributed by atoms with Crippen LogP contribution in [-0.4, -0.2) is 32.5 Å². The highest BCUT2D eigenvalue weighted by Gasteiger charge is 2.18. The van der Waals surface area contributed by atoms with Crippen molar-refractivity contribution in [3.8, 4) is 0 Å². The van der Waals surface area contributed by atoms with Crippen LogP contribution in [0.3, 0.4) is 0 Å². The molecule has 0 aromatic carbocycles. The molecule has 1 N–H and O–H groups in total. The molecule has 1 aliphatic rings. The van der Waals surface area contributed by atoms with Crippen molar-refractivity contribution in [1.29, 1.82) is 0 Å². The first-order valence-electron chi connectivity index (χ1n) is 5.61. The molecule has 88 valence electrons. The molecule has 0 aliphatic heterocycles. The summed E-state index contributed by atoms with van der Waals surface area (Å²) >= 11 is 0. The number of rotatable bonds is 5. The monoisotopic (exact) mass is 215 g/mol. The van der Waals surface area contributed by atoms with Crippen molar-refractivity contribution in [2.45, 2.75) is 50.9 Å². The maximum Gasteiger partial charge on any atom is 0.225 e. The molecule has 0 spiro atoms. The molecule has 1 aliphatic carbocycles. The molecule has 15 heavy (non-hydrogen) atoms. The number of methoxy groups -OCH3 is 2. The summed E-state index contributed by atoms with van der Waals surface area (Å²) in [5.74, 6) is 0.0237. The van der Waals surface area contributed by atoms with Crippen LogP contribution in [0.15, 0.2) is 0 Å². The fourth-order valence-corrected chi connectivity index (χ4v) is 1.95. The van der Waals surface area contributed by atoms with Gasteiger partial charge in [0.25, 0.3) is 0 Å². The Balaban J connectivity index is 2.21. The molecule has 4 heteroatoms. The molecule has 0 heterocycles. The zero-order valence-corrected chi connectivity index (χ0v) is 9.62. The molecule has 1 amide bonds. The molecule has 0 unspecified atom stereocenters. The molecule has 0 radical (unpaired) electrons. The Labute approximate surface area is 91.3 Å². The minimum atomic E-state index is -0.423. The van der Waals surface area contributed by atoms with Gasteiger partial charge < -0.3 is 14.8 Å². The van der Waals surface area contributed by atoms with E-state index in [1.165, 1.54) is 19.3 Å². The quantitative estimate of drug-likeness (QED) is 0.706. The molecule has 1 fully saturated rings. The van der Waals surface area contributed by atoms with Gasteiger partial charge in [0.05, 0.1) is 6.42 Å². The van der Waals surface area contributed by atoms with Gasteiger partial charge in [-0.05, 0) is 12.8 Å². The van der Waals surface area contributed by atoms with Crippen LogP contribution in [0.25, 0.3) is 0 Å². The van der Waals surface area contributed by atoms with Crippen molar-refractivity contribution in [3.63, 3.8) is 0 Å². The number of nitrogens with one attached hydrogen (secondary N) is 1. The molecular weight excluding hydrogens is 194 g/mol. The van der Waals surface area contributed by atoms with Crippen LogP contribution in [-0.2, 0) is 14.3 Å². The van der Waals surface area contributed by atoms with E-state index in [4.69, 9.17) is 9.47 Å². The van der Waals surface area contributed by atoms with Gasteiger partial charge >= 0.3 is 0 Å². The molecule has 0 saturated heterocycles. The molecule has 0 aromatic rings. The summed E-state index contributed by atoms with van der Waals surface area (Å²) in [6.45, 7) is 0. The summed E-state index contributed by atoms with van der Waals surface area (Å²) in [4.78, 5) is 11.6. The van der Waals surface area contributed by atoms with E-state index in [0.717, 1.165) is 12.8 Å². The van der Waals surface area contributed by atoms with Gasteiger partial charge in [0.2, 0.25) is 5.91 Å². The SMILES string of the molecule is COC(CC(=O)NC1CCCCC1)OC. The Bertz CT molecular complexity index is 186. The Morgan fingerprint density at radius 3 is 2.40 bits per heavy atom. The second kappa shape index (κ2) is 6.80. The van der Waals surface area contributed by atoms with E-state index in [0.29, 0.717) is 6.04 Å². The highest BCUT2D eigenvalue weighted by atomic mass is 16.7. The molecule has 1 rings (SSSR count). The van der Waals surface area contributed by atoms with Crippen molar-refractivity contribution >= 4 is 5.91 Å². The summed E-state index contributed by atoms with van der Waals surface area (Å²) in [6, 6.07) is 0.362. The van der Waals surface area contributed by atoms with E-state index in [-0.39, 0.29) is 12.3 Å². The van der Waals surface area contributed by atoms with E-state index in [2.05, 4.69) is 5.32 Å². The van der Waals surface area contributed by atoms with Crippen LogP contribution in [0.5, 0.6) is 0 Å². The normalized spacial score (nSPS) is 18.1. The first-order chi connectivity index (χ1) is 7.26. The number of carbonyl (C=O) groups is 1. The highest BCUT2D eigenvalue weighted by molar-refractivity contribution is 5.76. The molecule has 4 nitrogen and oxygen atoms in total. The van der Waals surface area contributed by atoms with Gasteiger partial charge in [0, 0.05) is 20.3 Å².